The van der Waals surface area contributed by atoms with Crippen molar-refractivity contribution in [3.05, 3.63) is 93.7 Å². The lowest BCUT2D eigenvalue weighted by molar-refractivity contribution is -0.120. The first-order valence-corrected chi connectivity index (χ1v) is 9.07. The van der Waals surface area contributed by atoms with Crippen molar-refractivity contribution in [3.63, 3.8) is 0 Å². The first kappa shape index (κ1) is 18.8. The molecule has 5 nitrogen and oxygen atoms in total. The predicted octanol–water partition coefficient (Wildman–Crippen LogP) is 4.44. The van der Waals surface area contributed by atoms with Crippen molar-refractivity contribution in [1.82, 2.24) is 9.55 Å². The van der Waals surface area contributed by atoms with Gasteiger partial charge in [-0.25, -0.2) is 9.37 Å². The highest BCUT2D eigenvalue weighted by Gasteiger charge is 2.14. The summed E-state index contributed by atoms with van der Waals surface area (Å²) in [4.78, 5) is 27.2. The molecule has 0 atom stereocenters. The number of hydrogen-bond acceptors (Lipinski definition) is 4. The van der Waals surface area contributed by atoms with Crippen LogP contribution in [0.2, 0.25) is 5.15 Å². The summed E-state index contributed by atoms with van der Waals surface area (Å²) in [7, 11) is 0. The highest BCUT2D eigenvalue weighted by Crippen LogP contribution is 2.23. The normalized spacial score (nSPS) is 10.8. The Kier molecular flexibility index (Phi) is 5.10. The van der Waals surface area contributed by atoms with E-state index in [2.05, 4.69) is 4.98 Å². The predicted molar refractivity (Wildman–Crippen MR) is 109 cm³/mol. The number of nitrogens with zero attached hydrogens (tertiary/aromatic N) is 2. The van der Waals surface area contributed by atoms with E-state index in [4.69, 9.17) is 16.3 Å². The second kappa shape index (κ2) is 7.85. The lowest BCUT2D eigenvalue weighted by Crippen LogP contribution is -2.14. The number of rotatable bonds is 5. The number of fused-ring (bicyclic) bond motifs is 1. The van der Waals surface area contributed by atoms with E-state index in [1.165, 1.54) is 24.4 Å². The van der Waals surface area contributed by atoms with E-state index in [1.807, 2.05) is 30.3 Å². The van der Waals surface area contributed by atoms with Crippen LogP contribution in [0.3, 0.4) is 0 Å². The molecule has 0 fully saturated rings. The zero-order valence-electron chi connectivity index (χ0n) is 15.0. The minimum Gasteiger partial charge on any atom is -0.423 e. The van der Waals surface area contributed by atoms with Crippen LogP contribution in [0.25, 0.3) is 22.0 Å². The Balaban J connectivity index is 1.74. The molecular weight excluding hydrogens is 395 g/mol. The van der Waals surface area contributed by atoms with Gasteiger partial charge < -0.3 is 9.30 Å². The number of carbonyl (C=O) groups excluding carboxylic acids is 1. The van der Waals surface area contributed by atoms with Gasteiger partial charge in [-0.2, -0.15) is 0 Å². The van der Waals surface area contributed by atoms with Gasteiger partial charge in [0.05, 0.1) is 17.1 Å². The van der Waals surface area contributed by atoms with Gasteiger partial charge in [-0.05, 0) is 35.4 Å². The SMILES string of the molecule is O=COc1cn(Cc2ccc(-c3ccc(Cl)nc3)cc2)c2c(F)cccc2c1=O. The largest absolute Gasteiger partial charge is 0.423 e. The van der Waals surface area contributed by atoms with E-state index in [0.29, 0.717) is 5.15 Å². The summed E-state index contributed by atoms with van der Waals surface area (Å²) in [5.74, 6) is -0.678. The van der Waals surface area contributed by atoms with Crippen LogP contribution >= 0.6 is 11.6 Å². The lowest BCUT2D eigenvalue weighted by Gasteiger charge is -2.14. The maximum atomic E-state index is 14.5. The van der Waals surface area contributed by atoms with Crippen LogP contribution in [0.4, 0.5) is 4.39 Å². The Hall–Kier alpha value is -3.51. The average Bonchev–Trinajstić information content (AvgIpc) is 2.73. The first-order valence-electron chi connectivity index (χ1n) is 8.69. The van der Waals surface area contributed by atoms with Crippen LogP contribution in [0, 0.1) is 5.82 Å². The topological polar surface area (TPSA) is 61.2 Å². The summed E-state index contributed by atoms with van der Waals surface area (Å²) in [6.07, 6.45) is 3.03. The van der Waals surface area contributed by atoms with Crippen molar-refractivity contribution in [2.24, 2.45) is 0 Å². The van der Waals surface area contributed by atoms with Gasteiger partial charge >= 0.3 is 0 Å². The third kappa shape index (κ3) is 3.75. The molecule has 7 heteroatoms. The molecular formula is C22H14ClFN2O3. The molecule has 0 amide bonds. The van der Waals surface area contributed by atoms with Crippen molar-refractivity contribution >= 4 is 29.0 Å². The van der Waals surface area contributed by atoms with Gasteiger partial charge in [-0.3, -0.25) is 9.59 Å². The molecule has 0 spiro atoms. The van der Waals surface area contributed by atoms with Gasteiger partial charge in [0.2, 0.25) is 5.43 Å². The Bertz CT molecular complexity index is 1250. The molecule has 0 saturated heterocycles. The van der Waals surface area contributed by atoms with E-state index in [0.717, 1.165) is 16.7 Å². The quantitative estimate of drug-likeness (QED) is 0.362. The third-order valence-electron chi connectivity index (χ3n) is 4.56. The van der Waals surface area contributed by atoms with Gasteiger partial charge in [0.15, 0.2) is 5.75 Å². The number of pyridine rings is 2. The third-order valence-corrected chi connectivity index (χ3v) is 4.78. The van der Waals surface area contributed by atoms with Gasteiger partial charge in [0.1, 0.15) is 11.0 Å². The summed E-state index contributed by atoms with van der Waals surface area (Å²) in [5, 5.41) is 0.569. The number of halogens is 2. The second-order valence-electron chi connectivity index (χ2n) is 6.37. The van der Waals surface area contributed by atoms with Crippen molar-refractivity contribution in [3.8, 4) is 16.9 Å². The van der Waals surface area contributed by atoms with E-state index in [9.17, 15) is 14.0 Å². The van der Waals surface area contributed by atoms with E-state index in [-0.39, 0.29) is 29.7 Å². The Morgan fingerprint density at radius 1 is 1.07 bits per heavy atom. The zero-order valence-corrected chi connectivity index (χ0v) is 15.8. The summed E-state index contributed by atoms with van der Waals surface area (Å²) in [6.45, 7) is 0.466. The zero-order chi connectivity index (χ0) is 20.4. The molecule has 0 radical (unpaired) electrons. The first-order chi connectivity index (χ1) is 14.1. The fourth-order valence-corrected chi connectivity index (χ4v) is 3.31. The van der Waals surface area contributed by atoms with Crippen molar-refractivity contribution in [2.45, 2.75) is 6.54 Å². The number of benzene rings is 2. The molecule has 29 heavy (non-hydrogen) atoms. The maximum Gasteiger partial charge on any atom is 0.298 e. The van der Waals surface area contributed by atoms with Crippen LogP contribution in [0.5, 0.6) is 5.75 Å². The molecule has 4 aromatic rings. The monoisotopic (exact) mass is 408 g/mol. The molecule has 0 N–H and O–H groups in total. The summed E-state index contributed by atoms with van der Waals surface area (Å²) in [6, 6.07) is 15.5. The van der Waals surface area contributed by atoms with E-state index < -0.39 is 11.2 Å². The molecule has 0 aliphatic heterocycles. The van der Waals surface area contributed by atoms with Gasteiger partial charge in [0, 0.05) is 18.3 Å². The molecule has 2 heterocycles. The molecule has 144 valence electrons. The summed E-state index contributed by atoms with van der Waals surface area (Å²) < 4.78 is 20.8. The molecule has 4 rings (SSSR count). The standard InChI is InChI=1S/C22H14ClFN2O3/c23-20-9-8-16(10-25-20)15-6-4-14(5-7-15)11-26-12-19(29-13-27)22(28)17-2-1-3-18(24)21(17)26/h1-10,12-13H,11H2. The Morgan fingerprint density at radius 3 is 2.52 bits per heavy atom. The van der Waals surface area contributed by atoms with E-state index in [1.54, 1.807) is 16.8 Å². The molecule has 0 bridgehead atoms. The Labute approximate surface area is 170 Å². The van der Waals surface area contributed by atoms with Gasteiger partial charge in [-0.1, -0.05) is 41.9 Å². The minimum absolute atomic E-state index is 0.146. The van der Waals surface area contributed by atoms with Crippen LogP contribution in [0.15, 0.2) is 71.8 Å². The number of hydrogen-bond donors (Lipinski definition) is 0. The van der Waals surface area contributed by atoms with Gasteiger partial charge in [0.25, 0.3) is 6.47 Å². The number of ether oxygens (including phenoxy) is 1. The van der Waals surface area contributed by atoms with Crippen LogP contribution in [-0.2, 0) is 11.3 Å². The molecule has 0 aliphatic carbocycles. The minimum atomic E-state index is -0.534. The molecule has 2 aromatic heterocycles. The fraction of sp³-hybridized carbons (Fsp3) is 0.0455. The van der Waals surface area contributed by atoms with Crippen molar-refractivity contribution in [1.29, 1.82) is 0 Å². The molecule has 0 aliphatic rings. The van der Waals surface area contributed by atoms with E-state index >= 15 is 0 Å². The van der Waals surface area contributed by atoms with Crippen LogP contribution < -0.4 is 10.2 Å². The lowest BCUT2D eigenvalue weighted by atomic mass is 10.1. The number of para-hydroxylation sites is 1. The second-order valence-corrected chi connectivity index (χ2v) is 6.75. The smallest absolute Gasteiger partial charge is 0.298 e. The Morgan fingerprint density at radius 2 is 1.83 bits per heavy atom. The highest BCUT2D eigenvalue weighted by atomic mass is 35.5. The highest BCUT2D eigenvalue weighted by molar-refractivity contribution is 6.29. The van der Waals surface area contributed by atoms with Crippen LogP contribution in [-0.4, -0.2) is 16.0 Å². The number of aromatic nitrogens is 2. The molecule has 0 saturated carbocycles. The van der Waals surface area contributed by atoms with Crippen molar-refractivity contribution in [2.75, 3.05) is 0 Å². The summed E-state index contributed by atoms with van der Waals surface area (Å²) >= 11 is 5.82. The fourth-order valence-electron chi connectivity index (χ4n) is 3.19. The van der Waals surface area contributed by atoms with Crippen LogP contribution in [0.1, 0.15) is 5.56 Å². The summed E-state index contributed by atoms with van der Waals surface area (Å²) in [5.41, 5.74) is 2.37. The van der Waals surface area contributed by atoms with Gasteiger partial charge in [-0.15, -0.1) is 0 Å². The molecule has 0 unspecified atom stereocenters. The maximum absolute atomic E-state index is 14.5. The molecule has 2 aromatic carbocycles. The number of carbonyl (C=O) groups is 1. The van der Waals surface area contributed by atoms with Crippen molar-refractivity contribution < 1.29 is 13.9 Å². The average molecular weight is 409 g/mol.